The summed E-state index contributed by atoms with van der Waals surface area (Å²) in [7, 11) is 0. The number of ether oxygens (including phenoxy) is 2. The zero-order chi connectivity index (χ0) is 16.2. The largest absolute Gasteiger partial charge is 0.486 e. The summed E-state index contributed by atoms with van der Waals surface area (Å²) in [5.41, 5.74) is 7.30. The minimum Gasteiger partial charge on any atom is -0.486 e. The van der Waals surface area contributed by atoms with E-state index in [0.717, 1.165) is 36.3 Å². The Morgan fingerprint density at radius 3 is 2.87 bits per heavy atom. The predicted octanol–water partition coefficient (Wildman–Crippen LogP) is 1.67. The van der Waals surface area contributed by atoms with E-state index >= 15 is 0 Å². The number of hydrogen-bond donors (Lipinski definition) is 3. The van der Waals surface area contributed by atoms with E-state index in [1.807, 2.05) is 25.1 Å². The lowest BCUT2D eigenvalue weighted by molar-refractivity contribution is -0.123. The lowest BCUT2D eigenvalue weighted by Crippen LogP contribution is -2.44. The minimum absolute atomic E-state index is 0.0264. The molecule has 3 rings (SSSR count). The summed E-state index contributed by atoms with van der Waals surface area (Å²) in [5.74, 6) is 1.54. The van der Waals surface area contributed by atoms with Gasteiger partial charge < -0.3 is 14.8 Å². The van der Waals surface area contributed by atoms with Crippen molar-refractivity contribution < 1.29 is 14.3 Å². The Morgan fingerprint density at radius 1 is 1.30 bits per heavy atom. The van der Waals surface area contributed by atoms with Gasteiger partial charge in [0.15, 0.2) is 11.5 Å². The highest BCUT2D eigenvalue weighted by Crippen LogP contribution is 2.32. The van der Waals surface area contributed by atoms with Crippen LogP contribution in [0.2, 0.25) is 0 Å². The van der Waals surface area contributed by atoms with Crippen LogP contribution < -0.4 is 25.6 Å². The smallest absolute Gasteiger partial charge is 0.239 e. The molecule has 2 heterocycles. The predicted molar refractivity (Wildman–Crippen MR) is 87.4 cm³/mol. The quantitative estimate of drug-likeness (QED) is 0.770. The van der Waals surface area contributed by atoms with Crippen molar-refractivity contribution in [3.63, 3.8) is 0 Å². The minimum atomic E-state index is -0.175. The molecule has 0 saturated carbocycles. The zero-order valence-corrected chi connectivity index (χ0v) is 13.7. The van der Waals surface area contributed by atoms with Gasteiger partial charge in [-0.1, -0.05) is 19.4 Å². The molecule has 3 N–H and O–H groups in total. The monoisotopic (exact) mass is 319 g/mol. The van der Waals surface area contributed by atoms with Crippen molar-refractivity contribution in [1.82, 2.24) is 16.2 Å². The summed E-state index contributed by atoms with van der Waals surface area (Å²) in [6, 6.07) is 5.94. The van der Waals surface area contributed by atoms with Gasteiger partial charge in [0.05, 0.1) is 6.04 Å². The van der Waals surface area contributed by atoms with Crippen LogP contribution in [0, 0.1) is 0 Å². The summed E-state index contributed by atoms with van der Waals surface area (Å²) in [4.78, 5) is 12.4. The summed E-state index contributed by atoms with van der Waals surface area (Å²) < 4.78 is 11.1. The molecule has 1 aromatic carbocycles. The SMILES string of the molecule is CCCC1CC(C(=O)NC(C)c2ccc3c(c2)OCCO3)NN1. The second-order valence-electron chi connectivity index (χ2n) is 6.20. The first kappa shape index (κ1) is 16.1. The molecule has 1 saturated heterocycles. The van der Waals surface area contributed by atoms with Crippen LogP contribution in [-0.2, 0) is 4.79 Å². The first-order valence-corrected chi connectivity index (χ1v) is 8.38. The summed E-state index contributed by atoms with van der Waals surface area (Å²) in [6.07, 6.45) is 3.02. The van der Waals surface area contributed by atoms with Crippen molar-refractivity contribution in [3.05, 3.63) is 23.8 Å². The van der Waals surface area contributed by atoms with Crippen LogP contribution in [0.3, 0.4) is 0 Å². The third-order valence-corrected chi connectivity index (χ3v) is 4.36. The molecule has 1 fully saturated rings. The van der Waals surface area contributed by atoms with Crippen LogP contribution in [0.1, 0.15) is 44.7 Å². The van der Waals surface area contributed by atoms with E-state index in [0.29, 0.717) is 19.3 Å². The molecule has 3 atom stereocenters. The molecule has 3 unspecified atom stereocenters. The number of amides is 1. The van der Waals surface area contributed by atoms with Gasteiger partial charge >= 0.3 is 0 Å². The van der Waals surface area contributed by atoms with E-state index < -0.39 is 0 Å². The molecule has 1 amide bonds. The fraction of sp³-hybridized carbons (Fsp3) is 0.588. The average Bonchev–Trinajstić information content (AvgIpc) is 3.03. The van der Waals surface area contributed by atoms with E-state index in [1.54, 1.807) is 0 Å². The lowest BCUT2D eigenvalue weighted by atomic mass is 10.0. The van der Waals surface area contributed by atoms with Crippen molar-refractivity contribution in [1.29, 1.82) is 0 Å². The summed E-state index contributed by atoms with van der Waals surface area (Å²) >= 11 is 0. The Bertz CT molecular complexity index is 564. The Hall–Kier alpha value is -1.79. The molecule has 126 valence electrons. The second kappa shape index (κ2) is 7.19. The molecule has 6 heteroatoms. The molecular weight excluding hydrogens is 294 g/mol. The molecule has 2 aliphatic rings. The van der Waals surface area contributed by atoms with Crippen molar-refractivity contribution in [2.45, 2.75) is 51.2 Å². The fourth-order valence-electron chi connectivity index (χ4n) is 3.06. The van der Waals surface area contributed by atoms with Gasteiger partial charge in [-0.05, 0) is 37.5 Å². The number of nitrogens with one attached hydrogen (secondary N) is 3. The Kier molecular flexibility index (Phi) is 5.03. The highest BCUT2D eigenvalue weighted by Gasteiger charge is 2.29. The average molecular weight is 319 g/mol. The molecule has 0 aliphatic carbocycles. The normalized spacial score (nSPS) is 24.3. The molecule has 6 nitrogen and oxygen atoms in total. The molecule has 0 spiro atoms. The number of hydrazine groups is 1. The van der Waals surface area contributed by atoms with Crippen molar-refractivity contribution >= 4 is 5.91 Å². The van der Waals surface area contributed by atoms with Gasteiger partial charge in [-0.2, -0.15) is 0 Å². The van der Waals surface area contributed by atoms with Gasteiger partial charge in [-0.15, -0.1) is 0 Å². The van der Waals surface area contributed by atoms with E-state index in [-0.39, 0.29) is 18.0 Å². The van der Waals surface area contributed by atoms with Crippen LogP contribution in [0.4, 0.5) is 0 Å². The highest BCUT2D eigenvalue weighted by atomic mass is 16.6. The Morgan fingerprint density at radius 2 is 2.09 bits per heavy atom. The van der Waals surface area contributed by atoms with Gasteiger partial charge in [-0.3, -0.25) is 10.2 Å². The molecular formula is C17H25N3O3. The first-order valence-electron chi connectivity index (χ1n) is 8.38. The van der Waals surface area contributed by atoms with Gasteiger partial charge in [0.2, 0.25) is 5.91 Å². The van der Waals surface area contributed by atoms with Crippen LogP contribution in [0.15, 0.2) is 18.2 Å². The van der Waals surface area contributed by atoms with E-state index in [1.165, 1.54) is 0 Å². The number of carbonyl (C=O) groups excluding carboxylic acids is 1. The van der Waals surface area contributed by atoms with Crippen LogP contribution in [-0.4, -0.2) is 31.2 Å². The lowest BCUT2D eigenvalue weighted by Gasteiger charge is -2.22. The second-order valence-corrected chi connectivity index (χ2v) is 6.20. The number of rotatable bonds is 5. The molecule has 2 aliphatic heterocycles. The maximum Gasteiger partial charge on any atom is 0.239 e. The fourth-order valence-corrected chi connectivity index (χ4v) is 3.06. The molecule has 23 heavy (non-hydrogen) atoms. The topological polar surface area (TPSA) is 71.6 Å². The number of fused-ring (bicyclic) bond motifs is 1. The number of carbonyl (C=O) groups is 1. The van der Waals surface area contributed by atoms with Gasteiger partial charge in [0.1, 0.15) is 19.3 Å². The van der Waals surface area contributed by atoms with Crippen molar-refractivity contribution in [2.75, 3.05) is 13.2 Å². The maximum absolute atomic E-state index is 12.4. The van der Waals surface area contributed by atoms with Crippen LogP contribution >= 0.6 is 0 Å². The van der Waals surface area contributed by atoms with Gasteiger partial charge in [-0.25, -0.2) is 5.43 Å². The third kappa shape index (κ3) is 3.76. The maximum atomic E-state index is 12.4. The Labute approximate surface area is 136 Å². The van der Waals surface area contributed by atoms with Gasteiger partial charge in [0.25, 0.3) is 0 Å². The summed E-state index contributed by atoms with van der Waals surface area (Å²) in [6.45, 7) is 5.28. The standard InChI is InChI=1S/C17H25N3O3/c1-3-4-13-10-14(20-19-13)17(21)18-11(2)12-5-6-15-16(9-12)23-8-7-22-15/h5-6,9,11,13-14,19-20H,3-4,7-8,10H2,1-2H3,(H,18,21). The summed E-state index contributed by atoms with van der Waals surface area (Å²) in [5, 5.41) is 3.07. The highest BCUT2D eigenvalue weighted by molar-refractivity contribution is 5.82. The van der Waals surface area contributed by atoms with Crippen LogP contribution in [0.5, 0.6) is 11.5 Å². The third-order valence-electron chi connectivity index (χ3n) is 4.36. The number of hydrogen-bond acceptors (Lipinski definition) is 5. The van der Waals surface area contributed by atoms with E-state index in [4.69, 9.17) is 9.47 Å². The number of benzene rings is 1. The van der Waals surface area contributed by atoms with Crippen molar-refractivity contribution in [3.8, 4) is 11.5 Å². The van der Waals surface area contributed by atoms with Crippen molar-refractivity contribution in [2.24, 2.45) is 0 Å². The van der Waals surface area contributed by atoms with E-state index in [2.05, 4.69) is 23.1 Å². The first-order chi connectivity index (χ1) is 11.2. The molecule has 1 aromatic rings. The zero-order valence-electron chi connectivity index (χ0n) is 13.7. The molecule has 0 radical (unpaired) electrons. The molecule has 0 bridgehead atoms. The Balaban J connectivity index is 1.58. The van der Waals surface area contributed by atoms with Crippen LogP contribution in [0.25, 0.3) is 0 Å². The van der Waals surface area contributed by atoms with Gasteiger partial charge in [0, 0.05) is 6.04 Å². The molecule has 0 aromatic heterocycles. The van der Waals surface area contributed by atoms with E-state index in [9.17, 15) is 4.79 Å².